The summed E-state index contributed by atoms with van der Waals surface area (Å²) in [5.41, 5.74) is 5.92. The first-order valence-corrected chi connectivity index (χ1v) is 9.58. The smallest absolute Gasteiger partial charge is 0.269 e. The predicted octanol–water partition coefficient (Wildman–Crippen LogP) is 2.26. The van der Waals surface area contributed by atoms with Crippen LogP contribution in [0.25, 0.3) is 11.4 Å². The first-order chi connectivity index (χ1) is 15.1. The van der Waals surface area contributed by atoms with Gasteiger partial charge in [0.1, 0.15) is 5.75 Å². The zero-order valence-electron chi connectivity index (χ0n) is 16.7. The molecule has 0 saturated heterocycles. The lowest BCUT2D eigenvalue weighted by Gasteiger charge is -2.07. The molecule has 2 amide bonds. The summed E-state index contributed by atoms with van der Waals surface area (Å²) in [6, 6.07) is 12.1. The van der Waals surface area contributed by atoms with Gasteiger partial charge in [-0.15, -0.1) is 0 Å². The maximum atomic E-state index is 12.2. The summed E-state index contributed by atoms with van der Waals surface area (Å²) in [6.07, 6.45) is 1.10. The van der Waals surface area contributed by atoms with Crippen LogP contribution in [0.5, 0.6) is 17.2 Å². The Labute approximate surface area is 177 Å². The lowest BCUT2D eigenvalue weighted by Crippen LogP contribution is -2.41. The molecule has 3 aromatic rings. The quantitative estimate of drug-likeness (QED) is 0.554. The van der Waals surface area contributed by atoms with Crippen molar-refractivity contribution in [2.24, 2.45) is 0 Å². The van der Waals surface area contributed by atoms with E-state index in [9.17, 15) is 9.59 Å². The highest BCUT2D eigenvalue weighted by atomic mass is 16.7. The maximum absolute atomic E-state index is 12.2. The SMILES string of the molecule is COc1ccc(-c2noc(CCCC(=O)NNC(=O)c3ccc4c(c3)OCO4)n2)cc1. The minimum Gasteiger partial charge on any atom is -0.497 e. The third kappa shape index (κ3) is 4.92. The lowest BCUT2D eigenvalue weighted by atomic mass is 10.2. The van der Waals surface area contributed by atoms with E-state index < -0.39 is 5.91 Å². The van der Waals surface area contributed by atoms with E-state index in [2.05, 4.69) is 21.0 Å². The molecule has 0 fully saturated rings. The Morgan fingerprint density at radius 3 is 2.68 bits per heavy atom. The van der Waals surface area contributed by atoms with E-state index in [0.29, 0.717) is 41.6 Å². The molecule has 0 bridgehead atoms. The minimum absolute atomic E-state index is 0.124. The zero-order valence-corrected chi connectivity index (χ0v) is 16.7. The summed E-state index contributed by atoms with van der Waals surface area (Å²) < 4.78 is 20.8. The molecule has 4 rings (SSSR count). The highest BCUT2D eigenvalue weighted by Gasteiger charge is 2.16. The molecule has 1 aliphatic heterocycles. The summed E-state index contributed by atoms with van der Waals surface area (Å²) in [7, 11) is 1.60. The first kappa shape index (κ1) is 20.2. The van der Waals surface area contributed by atoms with Crippen molar-refractivity contribution >= 4 is 11.8 Å². The van der Waals surface area contributed by atoms with Gasteiger partial charge in [-0.3, -0.25) is 20.4 Å². The number of nitrogens with one attached hydrogen (secondary N) is 2. The number of rotatable bonds is 7. The topological polar surface area (TPSA) is 125 Å². The standard InChI is InChI=1S/C21H20N4O6/c1-28-15-8-5-13(6-9-15)20-22-19(31-25-20)4-2-3-18(26)23-24-21(27)14-7-10-16-17(11-14)30-12-29-16/h5-11H,2-4,12H2,1H3,(H,23,26)(H,24,27). The fourth-order valence-electron chi connectivity index (χ4n) is 2.91. The Morgan fingerprint density at radius 1 is 1.06 bits per heavy atom. The summed E-state index contributed by atoms with van der Waals surface area (Å²) >= 11 is 0. The molecule has 1 aromatic heterocycles. The monoisotopic (exact) mass is 424 g/mol. The predicted molar refractivity (Wildman–Crippen MR) is 107 cm³/mol. The van der Waals surface area contributed by atoms with Crippen LogP contribution in [0.3, 0.4) is 0 Å². The number of amides is 2. The van der Waals surface area contributed by atoms with Gasteiger partial charge in [-0.2, -0.15) is 4.98 Å². The number of aromatic nitrogens is 2. The number of aryl methyl sites for hydroxylation is 1. The van der Waals surface area contributed by atoms with Crippen molar-refractivity contribution in [3.05, 3.63) is 53.9 Å². The Bertz CT molecular complexity index is 1080. The molecule has 2 N–H and O–H groups in total. The molecule has 10 heteroatoms. The van der Waals surface area contributed by atoms with E-state index in [-0.39, 0.29) is 19.1 Å². The summed E-state index contributed by atoms with van der Waals surface area (Å²) in [5.74, 6) is 1.94. The van der Waals surface area contributed by atoms with Crippen LogP contribution in [0.2, 0.25) is 0 Å². The average molecular weight is 424 g/mol. The second kappa shape index (κ2) is 9.16. The number of carbonyl (C=O) groups is 2. The zero-order chi connectivity index (χ0) is 21.6. The van der Waals surface area contributed by atoms with Gasteiger partial charge in [0.15, 0.2) is 11.5 Å². The van der Waals surface area contributed by atoms with Crippen LogP contribution in [0.1, 0.15) is 29.1 Å². The van der Waals surface area contributed by atoms with Crippen LogP contribution in [-0.4, -0.2) is 35.9 Å². The summed E-state index contributed by atoms with van der Waals surface area (Å²) in [4.78, 5) is 28.5. The van der Waals surface area contributed by atoms with E-state index in [0.717, 1.165) is 11.3 Å². The number of benzene rings is 2. The Balaban J connectivity index is 1.20. The Kier molecular flexibility index (Phi) is 5.97. The summed E-state index contributed by atoms with van der Waals surface area (Å²) in [6.45, 7) is 0.124. The number of hydrogen-bond acceptors (Lipinski definition) is 8. The molecule has 10 nitrogen and oxygen atoms in total. The molecule has 31 heavy (non-hydrogen) atoms. The third-order valence-electron chi connectivity index (χ3n) is 4.56. The van der Waals surface area contributed by atoms with Crippen molar-refractivity contribution in [1.82, 2.24) is 21.0 Å². The van der Waals surface area contributed by atoms with Gasteiger partial charge in [0.25, 0.3) is 5.91 Å². The van der Waals surface area contributed by atoms with Crippen LogP contribution >= 0.6 is 0 Å². The fraction of sp³-hybridized carbons (Fsp3) is 0.238. The van der Waals surface area contributed by atoms with Crippen molar-refractivity contribution in [3.8, 4) is 28.6 Å². The molecule has 0 aliphatic carbocycles. The normalized spacial score (nSPS) is 11.8. The number of ether oxygens (including phenoxy) is 3. The Hall–Kier alpha value is -4.08. The molecule has 1 aliphatic rings. The van der Waals surface area contributed by atoms with Crippen molar-refractivity contribution in [1.29, 1.82) is 0 Å². The van der Waals surface area contributed by atoms with E-state index in [1.54, 1.807) is 25.3 Å². The molecular formula is C21H20N4O6. The highest BCUT2D eigenvalue weighted by Crippen LogP contribution is 2.32. The number of methoxy groups -OCH3 is 1. The fourth-order valence-corrected chi connectivity index (χ4v) is 2.91. The van der Waals surface area contributed by atoms with Crippen LogP contribution in [0, 0.1) is 0 Å². The maximum Gasteiger partial charge on any atom is 0.269 e. The largest absolute Gasteiger partial charge is 0.497 e. The molecular weight excluding hydrogens is 404 g/mol. The van der Waals surface area contributed by atoms with Gasteiger partial charge in [-0.05, 0) is 48.9 Å². The molecule has 0 spiro atoms. The van der Waals surface area contributed by atoms with E-state index in [1.807, 2.05) is 24.3 Å². The summed E-state index contributed by atoms with van der Waals surface area (Å²) in [5, 5.41) is 3.95. The molecule has 160 valence electrons. The number of fused-ring (bicyclic) bond motifs is 1. The molecule has 0 radical (unpaired) electrons. The van der Waals surface area contributed by atoms with E-state index in [4.69, 9.17) is 18.7 Å². The van der Waals surface area contributed by atoms with Crippen LogP contribution in [0.15, 0.2) is 47.0 Å². The van der Waals surface area contributed by atoms with Gasteiger partial charge >= 0.3 is 0 Å². The van der Waals surface area contributed by atoms with Crippen LogP contribution < -0.4 is 25.1 Å². The Morgan fingerprint density at radius 2 is 1.87 bits per heavy atom. The molecule has 2 heterocycles. The van der Waals surface area contributed by atoms with Gasteiger partial charge in [-0.1, -0.05) is 5.16 Å². The molecule has 2 aromatic carbocycles. The highest BCUT2D eigenvalue weighted by molar-refractivity contribution is 5.96. The first-order valence-electron chi connectivity index (χ1n) is 9.58. The number of nitrogens with zero attached hydrogens (tertiary/aromatic N) is 2. The number of hydrogen-bond donors (Lipinski definition) is 2. The second-order valence-corrected chi connectivity index (χ2v) is 6.66. The molecule has 0 unspecified atom stereocenters. The van der Waals surface area contributed by atoms with Gasteiger partial charge in [0.2, 0.25) is 24.4 Å². The minimum atomic E-state index is -0.451. The number of hydrazine groups is 1. The number of carbonyl (C=O) groups excluding carboxylic acids is 2. The van der Waals surface area contributed by atoms with Crippen molar-refractivity contribution in [2.75, 3.05) is 13.9 Å². The van der Waals surface area contributed by atoms with Gasteiger partial charge in [-0.25, -0.2) is 0 Å². The van der Waals surface area contributed by atoms with Gasteiger partial charge in [0.05, 0.1) is 7.11 Å². The van der Waals surface area contributed by atoms with E-state index in [1.165, 1.54) is 0 Å². The average Bonchev–Trinajstić information content (AvgIpc) is 3.46. The van der Waals surface area contributed by atoms with Crippen LogP contribution in [-0.2, 0) is 11.2 Å². The third-order valence-corrected chi connectivity index (χ3v) is 4.56. The second-order valence-electron chi connectivity index (χ2n) is 6.66. The lowest BCUT2D eigenvalue weighted by molar-refractivity contribution is -0.121. The van der Waals surface area contributed by atoms with Gasteiger partial charge < -0.3 is 18.7 Å². The van der Waals surface area contributed by atoms with Crippen LogP contribution in [0.4, 0.5) is 0 Å². The van der Waals surface area contributed by atoms with E-state index >= 15 is 0 Å². The van der Waals surface area contributed by atoms with Gasteiger partial charge in [0, 0.05) is 24.0 Å². The molecule has 0 atom stereocenters. The molecule has 0 saturated carbocycles. The van der Waals surface area contributed by atoms with Crippen molar-refractivity contribution in [2.45, 2.75) is 19.3 Å². The van der Waals surface area contributed by atoms with Crippen molar-refractivity contribution in [3.63, 3.8) is 0 Å². The van der Waals surface area contributed by atoms with Crippen molar-refractivity contribution < 1.29 is 28.3 Å².